The van der Waals surface area contributed by atoms with Crippen LogP contribution in [0.1, 0.15) is 19.3 Å². The van der Waals surface area contributed by atoms with Crippen LogP contribution in [0, 0.1) is 0 Å². The van der Waals surface area contributed by atoms with Crippen LogP contribution in [0.25, 0.3) is 22.2 Å². The summed E-state index contributed by atoms with van der Waals surface area (Å²) in [5.74, 6) is 0.648. The van der Waals surface area contributed by atoms with Crippen molar-refractivity contribution in [2.45, 2.75) is 31.8 Å². The molecule has 3 N–H and O–H groups in total. The molecule has 0 radical (unpaired) electrons. The number of hydrogen-bond acceptors (Lipinski definition) is 6. The van der Waals surface area contributed by atoms with Gasteiger partial charge in [0.15, 0.2) is 0 Å². The Hall–Kier alpha value is -3.43. The number of likely N-dealkylation sites (tertiary alicyclic amines) is 1. The molecular formula is C25H29ClN8O. The van der Waals surface area contributed by atoms with Gasteiger partial charge in [-0.1, -0.05) is 29.8 Å². The first-order chi connectivity index (χ1) is 17.2. The molecule has 1 amide bonds. The highest BCUT2D eigenvalue weighted by Crippen LogP contribution is 2.32. The summed E-state index contributed by atoms with van der Waals surface area (Å²) >= 11 is 6.45. The molecule has 0 spiro atoms. The number of aromatic amines is 1. The molecule has 0 unspecified atom stereocenters. The molecule has 182 valence electrons. The van der Waals surface area contributed by atoms with Crippen molar-refractivity contribution in [2.75, 3.05) is 31.5 Å². The number of fused-ring (bicyclic) bond motifs is 1. The summed E-state index contributed by atoms with van der Waals surface area (Å²) in [5, 5.41) is 8.07. The number of para-hydroxylation sites is 1. The molecule has 35 heavy (non-hydrogen) atoms. The number of rotatable bonds is 9. The molecule has 5 rings (SSSR count). The van der Waals surface area contributed by atoms with Gasteiger partial charge in [-0.15, -0.1) is 0 Å². The third-order valence-corrected chi connectivity index (χ3v) is 6.63. The number of carbonyl (C=O) groups is 1. The lowest BCUT2D eigenvalue weighted by molar-refractivity contribution is -0.122. The zero-order valence-corrected chi connectivity index (χ0v) is 20.2. The van der Waals surface area contributed by atoms with E-state index in [-0.39, 0.29) is 11.9 Å². The third-order valence-electron chi connectivity index (χ3n) is 6.35. The number of hydrogen-bond donors (Lipinski definition) is 3. The number of nitrogens with zero attached hydrogens (tertiary/aromatic N) is 5. The molecule has 1 fully saturated rings. The Morgan fingerprint density at radius 3 is 2.91 bits per heavy atom. The van der Waals surface area contributed by atoms with E-state index in [2.05, 4.69) is 36.6 Å². The molecule has 1 saturated heterocycles. The van der Waals surface area contributed by atoms with Crippen molar-refractivity contribution < 1.29 is 4.79 Å². The van der Waals surface area contributed by atoms with Crippen LogP contribution in [-0.2, 0) is 11.3 Å². The van der Waals surface area contributed by atoms with Gasteiger partial charge < -0.3 is 20.2 Å². The Morgan fingerprint density at radius 1 is 1.23 bits per heavy atom. The maximum absolute atomic E-state index is 12.3. The first-order valence-corrected chi connectivity index (χ1v) is 12.3. The number of halogens is 1. The fourth-order valence-corrected chi connectivity index (χ4v) is 4.67. The fourth-order valence-electron chi connectivity index (χ4n) is 4.48. The number of aromatic nitrogens is 5. The molecule has 10 heteroatoms. The molecule has 0 bridgehead atoms. The number of imidazole rings is 1. The van der Waals surface area contributed by atoms with Crippen LogP contribution in [0.2, 0.25) is 5.02 Å². The summed E-state index contributed by atoms with van der Waals surface area (Å²) in [6.45, 7) is 3.65. The van der Waals surface area contributed by atoms with Gasteiger partial charge in [0.1, 0.15) is 0 Å². The Bertz CT molecular complexity index is 1260. The predicted molar refractivity (Wildman–Crippen MR) is 137 cm³/mol. The van der Waals surface area contributed by atoms with Gasteiger partial charge in [-0.25, -0.2) is 15.0 Å². The van der Waals surface area contributed by atoms with Crippen molar-refractivity contribution in [3.8, 4) is 11.3 Å². The normalized spacial score (nSPS) is 14.9. The van der Waals surface area contributed by atoms with E-state index in [1.807, 2.05) is 35.2 Å². The molecule has 4 heterocycles. The van der Waals surface area contributed by atoms with E-state index >= 15 is 0 Å². The fraction of sp³-hybridized carbons (Fsp3) is 0.360. The average Bonchev–Trinajstić information content (AvgIpc) is 3.54. The van der Waals surface area contributed by atoms with E-state index < -0.39 is 0 Å². The van der Waals surface area contributed by atoms with Gasteiger partial charge in [0.2, 0.25) is 11.9 Å². The highest BCUT2D eigenvalue weighted by Gasteiger charge is 2.22. The van der Waals surface area contributed by atoms with E-state index in [1.165, 1.54) is 0 Å². The number of amides is 1. The smallest absolute Gasteiger partial charge is 0.234 e. The Kier molecular flexibility index (Phi) is 7.25. The van der Waals surface area contributed by atoms with Crippen molar-refractivity contribution in [3.63, 3.8) is 0 Å². The summed E-state index contributed by atoms with van der Waals surface area (Å²) in [7, 11) is 0. The minimum absolute atomic E-state index is 0.0754. The van der Waals surface area contributed by atoms with Crippen LogP contribution in [0.15, 0.2) is 55.4 Å². The highest BCUT2D eigenvalue weighted by atomic mass is 35.5. The van der Waals surface area contributed by atoms with Crippen LogP contribution in [0.5, 0.6) is 0 Å². The van der Waals surface area contributed by atoms with Crippen LogP contribution in [0.4, 0.5) is 5.95 Å². The summed E-state index contributed by atoms with van der Waals surface area (Å²) in [5.41, 5.74) is 2.71. The standard InChI is InChI=1S/C25H29ClN8O/c26-21-15-30-25(32-24(21)20-14-29-22-5-2-1-4-19(20)22)31-18-6-11-33(12-7-18)16-23(35)28-8-3-10-34-13-9-27-17-34/h1-2,4-5,9,13-15,17-18,29H,3,6-8,10-12,16H2,(H,28,35)(H,30,31,32). The van der Waals surface area contributed by atoms with Gasteiger partial charge in [0, 0.05) is 67.3 Å². The maximum atomic E-state index is 12.3. The third kappa shape index (κ3) is 5.80. The Morgan fingerprint density at radius 2 is 2.09 bits per heavy atom. The summed E-state index contributed by atoms with van der Waals surface area (Å²) < 4.78 is 2.01. The maximum Gasteiger partial charge on any atom is 0.234 e. The lowest BCUT2D eigenvalue weighted by Gasteiger charge is -2.31. The number of piperidine rings is 1. The SMILES string of the molecule is O=C(CN1CCC(Nc2ncc(Cl)c(-c3c[nH]c4ccccc34)n2)CC1)NCCCn1ccnc1. The van der Waals surface area contributed by atoms with Crippen molar-refractivity contribution in [1.29, 1.82) is 0 Å². The molecular weight excluding hydrogens is 464 g/mol. The van der Waals surface area contributed by atoms with Gasteiger partial charge in [-0.3, -0.25) is 9.69 Å². The van der Waals surface area contributed by atoms with E-state index in [9.17, 15) is 4.79 Å². The molecule has 0 aliphatic carbocycles. The number of nitrogens with one attached hydrogen (secondary N) is 3. The molecule has 0 atom stereocenters. The lowest BCUT2D eigenvalue weighted by Crippen LogP contribution is -2.44. The van der Waals surface area contributed by atoms with E-state index in [4.69, 9.17) is 16.6 Å². The number of benzene rings is 1. The van der Waals surface area contributed by atoms with Gasteiger partial charge in [-0.2, -0.15) is 0 Å². The second-order valence-corrected chi connectivity index (χ2v) is 9.24. The molecule has 0 saturated carbocycles. The minimum atomic E-state index is 0.0754. The second kappa shape index (κ2) is 10.9. The minimum Gasteiger partial charge on any atom is -0.360 e. The predicted octanol–water partition coefficient (Wildman–Crippen LogP) is 3.56. The molecule has 1 aliphatic rings. The summed E-state index contributed by atoms with van der Waals surface area (Å²) in [6.07, 6.45) is 11.8. The topological polar surface area (TPSA) is 104 Å². The average molecular weight is 493 g/mol. The largest absolute Gasteiger partial charge is 0.360 e. The van der Waals surface area contributed by atoms with Crippen molar-refractivity contribution in [3.05, 3.63) is 60.4 Å². The summed E-state index contributed by atoms with van der Waals surface area (Å²) in [6, 6.07) is 8.34. The monoisotopic (exact) mass is 492 g/mol. The van der Waals surface area contributed by atoms with Crippen molar-refractivity contribution in [2.24, 2.45) is 0 Å². The molecule has 4 aromatic rings. The Labute approximate surface area is 208 Å². The zero-order valence-electron chi connectivity index (χ0n) is 19.5. The quantitative estimate of drug-likeness (QED) is 0.309. The molecule has 9 nitrogen and oxygen atoms in total. The lowest BCUT2D eigenvalue weighted by atomic mass is 10.1. The van der Waals surface area contributed by atoms with Crippen LogP contribution >= 0.6 is 11.6 Å². The molecule has 1 aromatic carbocycles. The first kappa shape index (κ1) is 23.3. The van der Waals surface area contributed by atoms with Crippen molar-refractivity contribution in [1.82, 2.24) is 34.7 Å². The zero-order chi connectivity index (χ0) is 24.0. The first-order valence-electron chi connectivity index (χ1n) is 12.0. The van der Waals surface area contributed by atoms with Gasteiger partial charge in [0.25, 0.3) is 0 Å². The van der Waals surface area contributed by atoms with E-state index in [0.717, 1.165) is 55.4 Å². The Balaban J connectivity index is 1.10. The van der Waals surface area contributed by atoms with Crippen molar-refractivity contribution >= 4 is 34.4 Å². The number of H-pyrrole nitrogens is 1. The van der Waals surface area contributed by atoms with Gasteiger partial charge in [0.05, 0.1) is 29.8 Å². The van der Waals surface area contributed by atoms with E-state index in [1.54, 1.807) is 18.7 Å². The number of carbonyl (C=O) groups excluding carboxylic acids is 1. The summed E-state index contributed by atoms with van der Waals surface area (Å²) in [4.78, 5) is 30.9. The highest BCUT2D eigenvalue weighted by molar-refractivity contribution is 6.33. The van der Waals surface area contributed by atoms with E-state index in [0.29, 0.717) is 29.8 Å². The molecule has 3 aromatic heterocycles. The number of anilines is 1. The van der Waals surface area contributed by atoms with Crippen LogP contribution in [0.3, 0.4) is 0 Å². The van der Waals surface area contributed by atoms with Gasteiger partial charge in [-0.05, 0) is 25.3 Å². The number of aryl methyl sites for hydroxylation is 1. The van der Waals surface area contributed by atoms with Crippen LogP contribution < -0.4 is 10.6 Å². The van der Waals surface area contributed by atoms with Crippen LogP contribution in [-0.4, -0.2) is 67.5 Å². The van der Waals surface area contributed by atoms with Gasteiger partial charge >= 0.3 is 0 Å². The second-order valence-electron chi connectivity index (χ2n) is 8.84. The molecule has 1 aliphatic heterocycles.